The molecule has 1 unspecified atom stereocenters. The number of halogens is 1. The third kappa shape index (κ3) is 4.55. The number of fused-ring (bicyclic) bond motifs is 1. The van der Waals surface area contributed by atoms with Crippen LogP contribution in [-0.2, 0) is 4.79 Å². The van der Waals surface area contributed by atoms with Crippen LogP contribution in [0.4, 0.5) is 0 Å². The second-order valence-electron chi connectivity index (χ2n) is 7.25. The van der Waals surface area contributed by atoms with E-state index in [2.05, 4.69) is 10.6 Å². The Labute approximate surface area is 155 Å². The maximum Gasteiger partial charge on any atom is 0.287 e. The number of likely N-dealkylation sites (tertiary alicyclic amines) is 1. The lowest BCUT2D eigenvalue weighted by molar-refractivity contribution is -0.134. The number of hydrogen-bond acceptors (Lipinski definition) is 4. The van der Waals surface area contributed by atoms with Crippen molar-refractivity contribution in [1.82, 2.24) is 15.5 Å². The Balaban J connectivity index is 0.00000225. The van der Waals surface area contributed by atoms with E-state index in [9.17, 15) is 9.59 Å². The van der Waals surface area contributed by atoms with E-state index in [1.807, 2.05) is 18.7 Å². The van der Waals surface area contributed by atoms with Gasteiger partial charge in [0.05, 0.1) is 6.26 Å². The van der Waals surface area contributed by atoms with E-state index in [0.717, 1.165) is 39.0 Å². The van der Waals surface area contributed by atoms with Crippen LogP contribution < -0.4 is 10.6 Å². The first kappa shape index (κ1) is 19.8. The number of furan rings is 1. The van der Waals surface area contributed by atoms with Crippen LogP contribution in [0.5, 0.6) is 0 Å². The van der Waals surface area contributed by atoms with Crippen LogP contribution in [0.3, 0.4) is 0 Å². The van der Waals surface area contributed by atoms with E-state index >= 15 is 0 Å². The van der Waals surface area contributed by atoms with Crippen LogP contribution in [0.15, 0.2) is 22.8 Å². The predicted octanol–water partition coefficient (Wildman–Crippen LogP) is 1.91. The van der Waals surface area contributed by atoms with Crippen molar-refractivity contribution in [1.29, 1.82) is 0 Å². The molecule has 0 bridgehead atoms. The lowest BCUT2D eigenvalue weighted by Crippen LogP contribution is -2.51. The van der Waals surface area contributed by atoms with Gasteiger partial charge in [-0.05, 0) is 55.8 Å². The monoisotopic (exact) mass is 369 g/mol. The van der Waals surface area contributed by atoms with Gasteiger partial charge in [-0.1, -0.05) is 13.8 Å². The summed E-state index contributed by atoms with van der Waals surface area (Å²) in [6.45, 7) is 7.61. The molecule has 2 fully saturated rings. The molecule has 3 rings (SSSR count). The SMILES string of the molecule is CC(C)C(NC(=O)c1ccco1)C(=O)N1CC[C@@H]2CNC[C@@H]2CC1.Cl. The quantitative estimate of drug-likeness (QED) is 0.850. The molecule has 0 radical (unpaired) electrons. The molecule has 1 aromatic heterocycles. The van der Waals surface area contributed by atoms with Crippen molar-refractivity contribution in [2.75, 3.05) is 26.2 Å². The summed E-state index contributed by atoms with van der Waals surface area (Å²) in [5.41, 5.74) is 0. The van der Waals surface area contributed by atoms with Crippen molar-refractivity contribution < 1.29 is 14.0 Å². The summed E-state index contributed by atoms with van der Waals surface area (Å²) in [6, 6.07) is 2.76. The van der Waals surface area contributed by atoms with Gasteiger partial charge in [0.25, 0.3) is 5.91 Å². The maximum atomic E-state index is 13.0. The van der Waals surface area contributed by atoms with Crippen LogP contribution in [0.2, 0.25) is 0 Å². The first-order chi connectivity index (χ1) is 11.6. The van der Waals surface area contributed by atoms with Gasteiger partial charge >= 0.3 is 0 Å². The zero-order valence-corrected chi connectivity index (χ0v) is 15.7. The molecule has 0 aromatic carbocycles. The summed E-state index contributed by atoms with van der Waals surface area (Å²) in [5, 5.41) is 6.30. The molecule has 2 aliphatic heterocycles. The Morgan fingerprint density at radius 1 is 1.24 bits per heavy atom. The fourth-order valence-electron chi connectivity index (χ4n) is 3.77. The van der Waals surface area contributed by atoms with Gasteiger partial charge in [0.15, 0.2) is 5.76 Å². The van der Waals surface area contributed by atoms with Crippen LogP contribution in [0.1, 0.15) is 37.2 Å². The van der Waals surface area contributed by atoms with E-state index in [1.54, 1.807) is 12.1 Å². The third-order valence-electron chi connectivity index (χ3n) is 5.30. The molecule has 25 heavy (non-hydrogen) atoms. The highest BCUT2D eigenvalue weighted by Crippen LogP contribution is 2.27. The van der Waals surface area contributed by atoms with Crippen LogP contribution >= 0.6 is 12.4 Å². The van der Waals surface area contributed by atoms with Gasteiger partial charge in [0.2, 0.25) is 5.91 Å². The Hall–Kier alpha value is -1.53. The molecular weight excluding hydrogens is 342 g/mol. The average Bonchev–Trinajstić information content (AvgIpc) is 3.20. The minimum Gasteiger partial charge on any atom is -0.459 e. The number of carbonyl (C=O) groups excluding carboxylic acids is 2. The van der Waals surface area contributed by atoms with Crippen molar-refractivity contribution in [3.63, 3.8) is 0 Å². The molecule has 7 heteroatoms. The molecule has 2 saturated heterocycles. The first-order valence-corrected chi connectivity index (χ1v) is 8.90. The molecular formula is C18H28ClN3O3. The highest BCUT2D eigenvalue weighted by Gasteiger charge is 2.34. The Morgan fingerprint density at radius 3 is 2.40 bits per heavy atom. The minimum absolute atomic E-state index is 0. The zero-order chi connectivity index (χ0) is 17.1. The molecule has 2 aliphatic rings. The standard InChI is InChI=1S/C18H27N3O3.ClH/c1-12(2)16(20-17(22)15-4-3-9-24-15)18(23)21-7-5-13-10-19-11-14(13)6-8-21;/h3-4,9,12-14,16,19H,5-8,10-11H2,1-2H3,(H,20,22);1H/t13-,14+,16?;. The number of amides is 2. The lowest BCUT2D eigenvalue weighted by Gasteiger charge is -2.29. The molecule has 3 heterocycles. The van der Waals surface area contributed by atoms with E-state index in [4.69, 9.17) is 4.42 Å². The Morgan fingerprint density at radius 2 is 1.88 bits per heavy atom. The number of nitrogens with zero attached hydrogens (tertiary/aromatic N) is 1. The summed E-state index contributed by atoms with van der Waals surface area (Å²) in [6.07, 6.45) is 3.55. The van der Waals surface area contributed by atoms with Crippen molar-refractivity contribution in [2.24, 2.45) is 17.8 Å². The summed E-state index contributed by atoms with van der Waals surface area (Å²) in [4.78, 5) is 27.2. The number of rotatable bonds is 4. The largest absolute Gasteiger partial charge is 0.459 e. The molecule has 6 nitrogen and oxygen atoms in total. The van der Waals surface area contributed by atoms with Gasteiger partial charge in [-0.2, -0.15) is 0 Å². The average molecular weight is 370 g/mol. The van der Waals surface area contributed by atoms with Gasteiger partial charge < -0.3 is 20.0 Å². The number of carbonyl (C=O) groups is 2. The fraction of sp³-hybridized carbons (Fsp3) is 0.667. The van der Waals surface area contributed by atoms with Crippen molar-refractivity contribution in [2.45, 2.75) is 32.7 Å². The van der Waals surface area contributed by atoms with E-state index < -0.39 is 6.04 Å². The maximum absolute atomic E-state index is 13.0. The molecule has 140 valence electrons. The molecule has 0 spiro atoms. The number of nitrogens with one attached hydrogen (secondary N) is 2. The van der Waals surface area contributed by atoms with Gasteiger partial charge in [0.1, 0.15) is 6.04 Å². The highest BCUT2D eigenvalue weighted by atomic mass is 35.5. The van der Waals surface area contributed by atoms with Gasteiger partial charge in [-0.15, -0.1) is 12.4 Å². The zero-order valence-electron chi connectivity index (χ0n) is 14.9. The Kier molecular flexibility index (Phi) is 6.90. The van der Waals surface area contributed by atoms with Crippen molar-refractivity contribution >= 4 is 24.2 Å². The number of hydrogen-bond donors (Lipinski definition) is 2. The first-order valence-electron chi connectivity index (χ1n) is 8.90. The summed E-state index contributed by atoms with van der Waals surface area (Å²) >= 11 is 0. The van der Waals surface area contributed by atoms with Crippen LogP contribution in [-0.4, -0.2) is 48.9 Å². The lowest BCUT2D eigenvalue weighted by atomic mass is 9.92. The molecule has 2 N–H and O–H groups in total. The summed E-state index contributed by atoms with van der Waals surface area (Å²) < 4.78 is 5.13. The second-order valence-corrected chi connectivity index (χ2v) is 7.25. The van der Waals surface area contributed by atoms with Gasteiger partial charge in [0, 0.05) is 13.1 Å². The fourth-order valence-corrected chi connectivity index (χ4v) is 3.77. The van der Waals surface area contributed by atoms with E-state index in [-0.39, 0.29) is 35.9 Å². The summed E-state index contributed by atoms with van der Waals surface area (Å²) in [5.74, 6) is 1.32. The molecule has 2 amide bonds. The van der Waals surface area contributed by atoms with E-state index in [0.29, 0.717) is 11.8 Å². The second kappa shape index (κ2) is 8.72. The van der Waals surface area contributed by atoms with Gasteiger partial charge in [-0.25, -0.2) is 0 Å². The minimum atomic E-state index is -0.515. The Bertz CT molecular complexity index is 562. The molecule has 0 aliphatic carbocycles. The normalized spacial score (nSPS) is 24.2. The smallest absolute Gasteiger partial charge is 0.287 e. The van der Waals surface area contributed by atoms with Crippen molar-refractivity contribution in [3.05, 3.63) is 24.2 Å². The predicted molar refractivity (Wildman–Crippen MR) is 97.7 cm³/mol. The summed E-state index contributed by atoms with van der Waals surface area (Å²) in [7, 11) is 0. The molecule has 3 atom stereocenters. The highest BCUT2D eigenvalue weighted by molar-refractivity contribution is 5.95. The third-order valence-corrected chi connectivity index (χ3v) is 5.30. The molecule has 0 saturated carbocycles. The van der Waals surface area contributed by atoms with Crippen molar-refractivity contribution in [3.8, 4) is 0 Å². The van der Waals surface area contributed by atoms with Crippen LogP contribution in [0, 0.1) is 17.8 Å². The topological polar surface area (TPSA) is 74.6 Å². The molecule has 1 aromatic rings. The van der Waals surface area contributed by atoms with Crippen LogP contribution in [0.25, 0.3) is 0 Å². The van der Waals surface area contributed by atoms with E-state index in [1.165, 1.54) is 6.26 Å². The van der Waals surface area contributed by atoms with Gasteiger partial charge in [-0.3, -0.25) is 9.59 Å².